The number of rotatable bonds is 10. The highest BCUT2D eigenvalue weighted by atomic mass is 16.5. The van der Waals surface area contributed by atoms with E-state index < -0.39 is 5.91 Å². The Labute approximate surface area is 170 Å². The molecule has 0 radical (unpaired) electrons. The average molecular weight is 395 g/mol. The fourth-order valence-electron chi connectivity index (χ4n) is 2.44. The number of hydrogen-bond acceptors (Lipinski definition) is 6. The lowest BCUT2D eigenvalue weighted by atomic mass is 10.2. The van der Waals surface area contributed by atoms with E-state index >= 15 is 0 Å². The summed E-state index contributed by atoms with van der Waals surface area (Å²) in [7, 11) is 0. The summed E-state index contributed by atoms with van der Waals surface area (Å²) in [6.07, 6.45) is 1.36. The Kier molecular flexibility index (Phi) is 8.39. The van der Waals surface area contributed by atoms with Gasteiger partial charge in [-0.05, 0) is 57.2 Å². The number of carbonyl (C=O) groups is 1. The molecule has 1 amide bonds. The monoisotopic (exact) mass is 395 g/mol. The molecule has 0 bridgehead atoms. The molecule has 2 aromatic rings. The first kappa shape index (κ1) is 21.6. The molecule has 0 atom stereocenters. The molecule has 0 unspecified atom stereocenters. The molecule has 0 saturated carbocycles. The number of nitrogens with one attached hydrogen (secondary N) is 2. The number of amides is 1. The lowest BCUT2D eigenvalue weighted by molar-refractivity contribution is -0.112. The highest BCUT2D eigenvalue weighted by Crippen LogP contribution is 2.30. The highest BCUT2D eigenvalue weighted by molar-refractivity contribution is 6.06. The summed E-state index contributed by atoms with van der Waals surface area (Å²) in [5.41, 5.74) is 1.17. The topological polar surface area (TPSA) is 92.6 Å². The first-order valence-corrected chi connectivity index (χ1v) is 9.41. The van der Waals surface area contributed by atoms with Crippen LogP contribution in [-0.2, 0) is 4.79 Å². The molecule has 2 aromatic carbocycles. The van der Waals surface area contributed by atoms with E-state index in [0.29, 0.717) is 48.4 Å². The van der Waals surface area contributed by atoms with Gasteiger partial charge in [-0.2, -0.15) is 5.26 Å². The van der Waals surface area contributed by atoms with Gasteiger partial charge in [-0.3, -0.25) is 4.79 Å². The Balaban J connectivity index is 2.08. The van der Waals surface area contributed by atoms with Crippen molar-refractivity contribution in [1.82, 2.24) is 0 Å². The average Bonchev–Trinajstić information content (AvgIpc) is 2.72. The third-order valence-electron chi connectivity index (χ3n) is 3.71. The summed E-state index contributed by atoms with van der Waals surface area (Å²) in [6, 6.07) is 14.1. The van der Waals surface area contributed by atoms with Crippen LogP contribution < -0.4 is 24.8 Å². The lowest BCUT2D eigenvalue weighted by Crippen LogP contribution is -2.14. The standard InChI is InChI=1S/C22H25N3O4/c1-4-27-19-10-7-17(8-11-19)25-22(26)16(14-23)15-24-18-9-12-20(28-5-2)21(13-18)29-6-3/h7-13,15,24H,4-6H2,1-3H3,(H,25,26)/b16-15-. The Bertz CT molecular complexity index is 886. The molecule has 0 spiro atoms. The van der Waals surface area contributed by atoms with Crippen LogP contribution in [0.15, 0.2) is 54.2 Å². The van der Waals surface area contributed by atoms with Crippen molar-refractivity contribution in [2.45, 2.75) is 20.8 Å². The first-order chi connectivity index (χ1) is 14.1. The summed E-state index contributed by atoms with van der Waals surface area (Å²) < 4.78 is 16.5. The summed E-state index contributed by atoms with van der Waals surface area (Å²) >= 11 is 0. The van der Waals surface area contributed by atoms with Gasteiger partial charge >= 0.3 is 0 Å². The second-order valence-corrected chi connectivity index (χ2v) is 5.75. The number of ether oxygens (including phenoxy) is 3. The Morgan fingerprint density at radius 2 is 1.55 bits per heavy atom. The van der Waals surface area contributed by atoms with E-state index in [1.165, 1.54) is 6.20 Å². The van der Waals surface area contributed by atoms with Crippen molar-refractivity contribution < 1.29 is 19.0 Å². The molecule has 0 aliphatic rings. The zero-order valence-corrected chi connectivity index (χ0v) is 16.8. The second-order valence-electron chi connectivity index (χ2n) is 5.75. The largest absolute Gasteiger partial charge is 0.494 e. The molecule has 2 rings (SSSR count). The molecule has 7 nitrogen and oxygen atoms in total. The summed E-state index contributed by atoms with van der Waals surface area (Å²) in [4.78, 5) is 12.4. The zero-order valence-electron chi connectivity index (χ0n) is 16.8. The molecule has 0 saturated heterocycles. The second kappa shape index (κ2) is 11.2. The summed E-state index contributed by atoms with van der Waals surface area (Å²) in [5.74, 6) is 1.42. The number of benzene rings is 2. The maximum atomic E-state index is 12.4. The van der Waals surface area contributed by atoms with Gasteiger partial charge in [0, 0.05) is 23.6 Å². The lowest BCUT2D eigenvalue weighted by Gasteiger charge is -2.12. The van der Waals surface area contributed by atoms with Crippen molar-refractivity contribution in [2.75, 3.05) is 30.5 Å². The van der Waals surface area contributed by atoms with Gasteiger partial charge in [0.25, 0.3) is 5.91 Å². The molecule has 2 N–H and O–H groups in total. The van der Waals surface area contributed by atoms with Crippen LogP contribution in [-0.4, -0.2) is 25.7 Å². The van der Waals surface area contributed by atoms with Crippen molar-refractivity contribution in [2.24, 2.45) is 0 Å². The van der Waals surface area contributed by atoms with Crippen molar-refractivity contribution in [3.63, 3.8) is 0 Å². The minimum absolute atomic E-state index is 0.0641. The maximum absolute atomic E-state index is 12.4. The number of anilines is 2. The fourth-order valence-corrected chi connectivity index (χ4v) is 2.44. The highest BCUT2D eigenvalue weighted by Gasteiger charge is 2.10. The van der Waals surface area contributed by atoms with Crippen LogP contribution >= 0.6 is 0 Å². The summed E-state index contributed by atoms with van der Waals surface area (Å²) in [5, 5.41) is 15.0. The normalized spacial score (nSPS) is 10.6. The van der Waals surface area contributed by atoms with Gasteiger partial charge in [-0.15, -0.1) is 0 Å². The first-order valence-electron chi connectivity index (χ1n) is 9.41. The maximum Gasteiger partial charge on any atom is 0.267 e. The molecule has 152 valence electrons. The predicted molar refractivity (Wildman–Crippen MR) is 112 cm³/mol. The molecular weight excluding hydrogens is 370 g/mol. The van der Waals surface area contributed by atoms with E-state index in [-0.39, 0.29) is 5.57 Å². The van der Waals surface area contributed by atoms with Crippen LogP contribution in [0.25, 0.3) is 0 Å². The molecule has 0 heterocycles. The number of nitrogens with zero attached hydrogens (tertiary/aromatic N) is 1. The smallest absolute Gasteiger partial charge is 0.267 e. The van der Waals surface area contributed by atoms with Crippen LogP contribution in [0.2, 0.25) is 0 Å². The third kappa shape index (κ3) is 6.47. The molecule has 0 aromatic heterocycles. The van der Waals surface area contributed by atoms with Gasteiger partial charge in [-0.1, -0.05) is 0 Å². The van der Waals surface area contributed by atoms with Crippen molar-refractivity contribution >= 4 is 17.3 Å². The Hall–Kier alpha value is -3.66. The van der Waals surface area contributed by atoms with E-state index in [1.807, 2.05) is 26.8 Å². The number of hydrogen-bond donors (Lipinski definition) is 2. The molecule has 29 heavy (non-hydrogen) atoms. The van der Waals surface area contributed by atoms with E-state index in [0.717, 1.165) is 0 Å². The molecule has 0 aliphatic carbocycles. The van der Waals surface area contributed by atoms with Crippen LogP contribution in [0.3, 0.4) is 0 Å². The van der Waals surface area contributed by atoms with Crippen molar-refractivity contribution in [1.29, 1.82) is 5.26 Å². The van der Waals surface area contributed by atoms with Crippen LogP contribution in [0, 0.1) is 11.3 Å². The van der Waals surface area contributed by atoms with E-state index in [2.05, 4.69) is 10.6 Å². The van der Waals surface area contributed by atoms with Gasteiger partial charge in [0.05, 0.1) is 19.8 Å². The van der Waals surface area contributed by atoms with Crippen LogP contribution in [0.5, 0.6) is 17.2 Å². The predicted octanol–water partition coefficient (Wildman–Crippen LogP) is 4.34. The van der Waals surface area contributed by atoms with E-state index in [9.17, 15) is 10.1 Å². The van der Waals surface area contributed by atoms with Gasteiger partial charge in [0.1, 0.15) is 17.4 Å². The van der Waals surface area contributed by atoms with Gasteiger partial charge in [-0.25, -0.2) is 0 Å². The van der Waals surface area contributed by atoms with Crippen LogP contribution in [0.4, 0.5) is 11.4 Å². The molecule has 7 heteroatoms. The van der Waals surface area contributed by atoms with Crippen molar-refractivity contribution in [3.05, 3.63) is 54.2 Å². The number of carbonyl (C=O) groups excluding carboxylic acids is 1. The van der Waals surface area contributed by atoms with E-state index in [4.69, 9.17) is 14.2 Å². The SMILES string of the molecule is CCOc1ccc(NC(=O)/C(C#N)=C\Nc2ccc(OCC)c(OCC)c2)cc1. The van der Waals surface area contributed by atoms with Gasteiger partial charge in [0.15, 0.2) is 11.5 Å². The zero-order chi connectivity index (χ0) is 21.1. The fraction of sp³-hybridized carbons (Fsp3) is 0.273. The van der Waals surface area contributed by atoms with Crippen LogP contribution in [0.1, 0.15) is 20.8 Å². The third-order valence-corrected chi connectivity index (χ3v) is 3.71. The molecule has 0 fully saturated rings. The minimum Gasteiger partial charge on any atom is -0.494 e. The van der Waals surface area contributed by atoms with Crippen molar-refractivity contribution in [3.8, 4) is 23.3 Å². The summed E-state index contributed by atoms with van der Waals surface area (Å²) in [6.45, 7) is 7.26. The Morgan fingerprint density at radius 1 is 0.931 bits per heavy atom. The molecular formula is C22H25N3O4. The number of nitriles is 1. The Morgan fingerprint density at radius 3 is 2.17 bits per heavy atom. The van der Waals surface area contributed by atoms with E-state index in [1.54, 1.807) is 42.5 Å². The van der Waals surface area contributed by atoms with Gasteiger partial charge in [0.2, 0.25) is 0 Å². The minimum atomic E-state index is -0.514. The van der Waals surface area contributed by atoms with Gasteiger partial charge < -0.3 is 24.8 Å². The quantitative estimate of drug-likeness (QED) is 0.459. The molecule has 0 aliphatic heterocycles.